The van der Waals surface area contributed by atoms with Gasteiger partial charge in [0.1, 0.15) is 22.5 Å². The lowest BCUT2D eigenvalue weighted by Gasteiger charge is -2.12. The molecule has 48 heavy (non-hydrogen) atoms. The zero-order valence-corrected chi connectivity index (χ0v) is 29.1. The zero-order valence-electron chi connectivity index (χ0n) is 29.1. The number of esters is 1. The number of unbranched alkanes of at least 4 members (excludes halogenated alkanes) is 21. The van der Waals surface area contributed by atoms with E-state index in [2.05, 4.69) is 6.92 Å². The summed E-state index contributed by atoms with van der Waals surface area (Å²) in [6, 6.07) is 5.92. The molecule has 0 aliphatic carbocycles. The minimum Gasteiger partial charge on any atom is -0.508 e. The Balaban J connectivity index is 1.27. The van der Waals surface area contributed by atoms with E-state index in [1.54, 1.807) is 0 Å². The molecule has 0 saturated heterocycles. The van der Waals surface area contributed by atoms with Crippen LogP contribution in [0.3, 0.4) is 0 Å². The smallest absolute Gasteiger partial charge is 0.311 e. The Bertz CT molecular complexity index is 1440. The van der Waals surface area contributed by atoms with Gasteiger partial charge in [0.05, 0.1) is 0 Å². The summed E-state index contributed by atoms with van der Waals surface area (Å²) in [4.78, 5) is 26.1. The van der Waals surface area contributed by atoms with E-state index in [0.29, 0.717) is 6.42 Å². The standard InChI is InChI=1S/C40H58O8/c1-2-3-4-5-6-7-8-9-10-11-12-13-14-15-16-17-18-19-20-21-22-23-24-36(45)48-40-38(46)37-34(44)28-31(41)29-35(37)47-39(40)30-25-26-32(42)33(43)27-30/h25-29,41-44H,2-24H2,1H3. The molecule has 8 heteroatoms. The highest BCUT2D eigenvalue weighted by Gasteiger charge is 2.23. The minimum atomic E-state index is -0.793. The quantitative estimate of drug-likeness (QED) is 0.0398. The summed E-state index contributed by atoms with van der Waals surface area (Å²) in [5.74, 6) is -2.89. The van der Waals surface area contributed by atoms with Crippen molar-refractivity contribution in [2.24, 2.45) is 0 Å². The van der Waals surface area contributed by atoms with Crippen molar-refractivity contribution in [3.8, 4) is 40.1 Å². The third-order valence-corrected chi connectivity index (χ3v) is 9.11. The topological polar surface area (TPSA) is 137 Å². The van der Waals surface area contributed by atoms with Gasteiger partial charge in [-0.15, -0.1) is 0 Å². The van der Waals surface area contributed by atoms with Crippen LogP contribution >= 0.6 is 0 Å². The van der Waals surface area contributed by atoms with Crippen LogP contribution in [0.25, 0.3) is 22.3 Å². The van der Waals surface area contributed by atoms with E-state index in [1.165, 1.54) is 134 Å². The lowest BCUT2D eigenvalue weighted by atomic mass is 10.0. The van der Waals surface area contributed by atoms with Crippen LogP contribution in [0.5, 0.6) is 28.7 Å². The number of hydrogen-bond donors (Lipinski definition) is 4. The number of carbonyl (C=O) groups excluding carboxylic acids is 1. The number of hydrogen-bond acceptors (Lipinski definition) is 8. The highest BCUT2D eigenvalue weighted by atomic mass is 16.5. The highest BCUT2D eigenvalue weighted by molar-refractivity contribution is 5.89. The van der Waals surface area contributed by atoms with Crippen molar-refractivity contribution < 1.29 is 34.4 Å². The van der Waals surface area contributed by atoms with Crippen molar-refractivity contribution in [2.75, 3.05) is 0 Å². The average Bonchev–Trinajstić information content (AvgIpc) is 3.05. The first-order chi connectivity index (χ1) is 23.3. The first-order valence-electron chi connectivity index (χ1n) is 18.6. The largest absolute Gasteiger partial charge is 0.508 e. The average molecular weight is 667 g/mol. The molecule has 2 aromatic carbocycles. The molecule has 4 N–H and O–H groups in total. The SMILES string of the molecule is CCCCCCCCCCCCCCCCCCCCCCCCC(=O)Oc1c(-c2ccc(O)c(O)c2)oc2cc(O)cc(O)c2c1=O. The number of rotatable bonds is 25. The van der Waals surface area contributed by atoms with E-state index in [0.717, 1.165) is 31.4 Å². The predicted octanol–water partition coefficient (Wildman–Crippen LogP) is 11.2. The first kappa shape index (κ1) is 38.8. The molecular weight excluding hydrogens is 608 g/mol. The molecule has 266 valence electrons. The van der Waals surface area contributed by atoms with Crippen LogP contribution in [-0.4, -0.2) is 26.4 Å². The lowest BCUT2D eigenvalue weighted by Crippen LogP contribution is -2.16. The molecule has 0 saturated carbocycles. The van der Waals surface area contributed by atoms with Crippen LogP contribution in [-0.2, 0) is 4.79 Å². The minimum absolute atomic E-state index is 0.110. The van der Waals surface area contributed by atoms with Gasteiger partial charge in [-0.3, -0.25) is 9.59 Å². The summed E-state index contributed by atoms with van der Waals surface area (Å²) < 4.78 is 11.3. The number of phenols is 4. The fourth-order valence-electron chi connectivity index (χ4n) is 6.26. The second kappa shape index (κ2) is 22.0. The lowest BCUT2D eigenvalue weighted by molar-refractivity contribution is -0.134. The predicted molar refractivity (Wildman–Crippen MR) is 192 cm³/mol. The molecule has 0 aliphatic rings. The molecule has 0 unspecified atom stereocenters. The van der Waals surface area contributed by atoms with E-state index < -0.39 is 28.6 Å². The van der Waals surface area contributed by atoms with Crippen molar-refractivity contribution in [3.63, 3.8) is 0 Å². The van der Waals surface area contributed by atoms with Gasteiger partial charge in [-0.1, -0.05) is 142 Å². The zero-order chi connectivity index (χ0) is 34.6. The van der Waals surface area contributed by atoms with Gasteiger partial charge in [-0.25, -0.2) is 0 Å². The fraction of sp³-hybridized carbons (Fsp3) is 0.600. The second-order valence-electron chi connectivity index (χ2n) is 13.3. The van der Waals surface area contributed by atoms with Crippen LogP contribution < -0.4 is 10.2 Å². The van der Waals surface area contributed by atoms with Gasteiger partial charge in [-0.2, -0.15) is 0 Å². The summed E-state index contributed by atoms with van der Waals surface area (Å²) in [5, 5.41) is 39.6. The van der Waals surface area contributed by atoms with Crippen LogP contribution in [0, 0.1) is 0 Å². The Morgan fingerprint density at radius 2 is 1.08 bits per heavy atom. The number of aromatic hydroxyl groups is 4. The number of fused-ring (bicyclic) bond motifs is 1. The Hall–Kier alpha value is -3.68. The maximum atomic E-state index is 13.3. The number of carbonyl (C=O) groups is 1. The Labute approximate surface area is 286 Å². The van der Waals surface area contributed by atoms with Gasteiger partial charge in [0, 0.05) is 24.1 Å². The Kier molecular flexibility index (Phi) is 17.8. The summed E-state index contributed by atoms with van der Waals surface area (Å²) >= 11 is 0. The summed E-state index contributed by atoms with van der Waals surface area (Å²) in [5.41, 5.74) is -0.752. The summed E-state index contributed by atoms with van der Waals surface area (Å²) in [6.45, 7) is 2.27. The van der Waals surface area contributed by atoms with Crippen LogP contribution in [0.4, 0.5) is 0 Å². The van der Waals surface area contributed by atoms with Crippen LogP contribution in [0.1, 0.15) is 155 Å². The molecule has 3 aromatic rings. The molecule has 0 fully saturated rings. The van der Waals surface area contributed by atoms with Gasteiger partial charge < -0.3 is 29.6 Å². The molecule has 1 heterocycles. The van der Waals surface area contributed by atoms with Gasteiger partial charge >= 0.3 is 5.97 Å². The number of phenolic OH excluding ortho intramolecular Hbond substituents is 4. The Morgan fingerprint density at radius 3 is 1.56 bits per heavy atom. The molecule has 0 atom stereocenters. The van der Waals surface area contributed by atoms with Crippen LogP contribution in [0.15, 0.2) is 39.5 Å². The van der Waals surface area contributed by atoms with E-state index in [1.807, 2.05) is 0 Å². The molecule has 8 nitrogen and oxygen atoms in total. The normalized spacial score (nSPS) is 11.4. The maximum absolute atomic E-state index is 13.3. The van der Waals surface area contributed by atoms with Gasteiger partial charge in [0.25, 0.3) is 0 Å². The summed E-state index contributed by atoms with van der Waals surface area (Å²) in [6.07, 6.45) is 28.3. The highest BCUT2D eigenvalue weighted by Crippen LogP contribution is 2.38. The van der Waals surface area contributed by atoms with Crippen molar-refractivity contribution >= 4 is 16.9 Å². The van der Waals surface area contributed by atoms with E-state index >= 15 is 0 Å². The summed E-state index contributed by atoms with van der Waals surface area (Å²) in [7, 11) is 0. The molecule has 1 aromatic heterocycles. The third kappa shape index (κ3) is 13.4. The second-order valence-corrected chi connectivity index (χ2v) is 13.3. The molecular formula is C40H58O8. The fourth-order valence-corrected chi connectivity index (χ4v) is 6.26. The van der Waals surface area contributed by atoms with Crippen LogP contribution in [0.2, 0.25) is 0 Å². The van der Waals surface area contributed by atoms with E-state index in [-0.39, 0.29) is 40.2 Å². The number of benzene rings is 2. The van der Waals surface area contributed by atoms with Gasteiger partial charge in [-0.05, 0) is 24.6 Å². The molecule has 0 aliphatic heterocycles. The first-order valence-corrected chi connectivity index (χ1v) is 18.6. The van der Waals surface area contributed by atoms with E-state index in [4.69, 9.17) is 9.15 Å². The number of ether oxygens (including phenoxy) is 1. The van der Waals surface area contributed by atoms with E-state index in [9.17, 15) is 30.0 Å². The van der Waals surface area contributed by atoms with Gasteiger partial charge in [0.2, 0.25) is 11.2 Å². The Morgan fingerprint density at radius 1 is 0.604 bits per heavy atom. The molecule has 3 rings (SSSR count). The molecule has 0 radical (unpaired) electrons. The molecule has 0 spiro atoms. The monoisotopic (exact) mass is 666 g/mol. The third-order valence-electron chi connectivity index (χ3n) is 9.11. The molecule has 0 amide bonds. The van der Waals surface area contributed by atoms with Gasteiger partial charge in [0.15, 0.2) is 17.3 Å². The van der Waals surface area contributed by atoms with Crippen molar-refractivity contribution in [1.29, 1.82) is 0 Å². The van der Waals surface area contributed by atoms with Crippen molar-refractivity contribution in [1.82, 2.24) is 0 Å². The van der Waals surface area contributed by atoms with Crippen molar-refractivity contribution in [2.45, 2.75) is 155 Å². The molecule has 0 bridgehead atoms. The maximum Gasteiger partial charge on any atom is 0.311 e. The van der Waals surface area contributed by atoms with Crippen molar-refractivity contribution in [3.05, 3.63) is 40.6 Å².